The summed E-state index contributed by atoms with van der Waals surface area (Å²) in [5, 5.41) is 16.9. The Morgan fingerprint density at radius 3 is 2.58 bits per heavy atom. The van der Waals surface area contributed by atoms with Crippen LogP contribution in [0.1, 0.15) is 74.0 Å². The number of nitrogens with one attached hydrogen (secondary N) is 3. The van der Waals surface area contributed by atoms with Crippen molar-refractivity contribution >= 4 is 29.7 Å². The predicted molar refractivity (Wildman–Crippen MR) is 182 cm³/mol. The first-order chi connectivity index (χ1) is 22.8. The van der Waals surface area contributed by atoms with E-state index >= 15 is 0 Å². The third-order valence-corrected chi connectivity index (χ3v) is 7.84. The van der Waals surface area contributed by atoms with Crippen LogP contribution in [0.2, 0.25) is 0 Å². The van der Waals surface area contributed by atoms with Crippen molar-refractivity contribution < 1.29 is 19.1 Å². The van der Waals surface area contributed by atoms with Gasteiger partial charge >= 0.3 is 6.03 Å². The molecule has 0 saturated carbocycles. The minimum absolute atomic E-state index is 0.0644. The summed E-state index contributed by atoms with van der Waals surface area (Å²) >= 11 is 0. The molecule has 252 valence electrons. The number of carbonyl (C=O) groups excluding carboxylic acids is 3. The Morgan fingerprint density at radius 2 is 1.88 bits per heavy atom. The average Bonchev–Trinajstić information content (AvgIpc) is 3.42. The van der Waals surface area contributed by atoms with Crippen molar-refractivity contribution in [2.75, 3.05) is 32.5 Å². The molecule has 1 aliphatic rings. The number of likely N-dealkylation sites (N-methyl/N-ethyl adjacent to an activating group) is 1. The minimum Gasteiger partial charge on any atom is -0.480 e. The molecule has 0 unspecified atom stereocenters. The maximum atomic E-state index is 13.5. The number of anilines is 1. The topological polar surface area (TPSA) is 156 Å². The molecule has 0 saturated heterocycles. The van der Waals surface area contributed by atoms with Crippen LogP contribution in [0.5, 0.6) is 5.75 Å². The normalized spacial score (nSPS) is 17.3. The highest BCUT2D eigenvalue weighted by Gasteiger charge is 2.38. The zero-order valence-corrected chi connectivity index (χ0v) is 28.4. The molecule has 1 aromatic carbocycles. The fourth-order valence-corrected chi connectivity index (χ4v) is 5.34. The molecule has 0 bridgehead atoms. The highest BCUT2D eigenvalue weighted by atomic mass is 16.5. The molecular formula is C35H43N9O4. The molecule has 13 heteroatoms. The zero-order valence-electron chi connectivity index (χ0n) is 28.4. The van der Waals surface area contributed by atoms with Gasteiger partial charge in [-0.1, -0.05) is 58.9 Å². The van der Waals surface area contributed by atoms with Gasteiger partial charge in [-0.3, -0.25) is 19.3 Å². The third-order valence-electron chi connectivity index (χ3n) is 7.84. The van der Waals surface area contributed by atoms with Gasteiger partial charge in [0.05, 0.1) is 11.9 Å². The van der Waals surface area contributed by atoms with Gasteiger partial charge in [0, 0.05) is 36.6 Å². The summed E-state index contributed by atoms with van der Waals surface area (Å²) in [6.45, 7) is 11.1. The van der Waals surface area contributed by atoms with Gasteiger partial charge in [-0.15, -0.1) is 10.2 Å². The van der Waals surface area contributed by atoms with Crippen molar-refractivity contribution in [3.8, 4) is 5.75 Å². The number of urea groups is 1. The Kier molecular flexibility index (Phi) is 9.90. The lowest BCUT2D eigenvalue weighted by Gasteiger charge is -2.34. The van der Waals surface area contributed by atoms with Gasteiger partial charge in [-0.05, 0) is 49.9 Å². The van der Waals surface area contributed by atoms with Crippen LogP contribution in [0.15, 0.2) is 60.8 Å². The number of pyridine rings is 1. The molecule has 48 heavy (non-hydrogen) atoms. The summed E-state index contributed by atoms with van der Waals surface area (Å²) in [6, 6.07) is 11.9. The standard InChI is InChI=1S/C35H43N9O4/c1-22(2)18-30-42-41-29-13-12-23(20-44(29)30)48-26-14-15-35(21-45,25-11-9-8-10-24(25)26)40-33(47)39-28-19-27(34(3,4)5)37-31(38-28)32(46)36-16-17-43(6)7/h8-15,19-22,26H,16-18H2,1-7H3,(H,36,46)(H2,37,38,39,40,47)/t26-,35-/m1/s1. The molecule has 0 spiro atoms. The van der Waals surface area contributed by atoms with Gasteiger partial charge in [-0.25, -0.2) is 14.8 Å². The first-order valence-electron chi connectivity index (χ1n) is 15.9. The second-order valence-corrected chi connectivity index (χ2v) is 13.6. The Balaban J connectivity index is 1.38. The van der Waals surface area contributed by atoms with E-state index in [1.54, 1.807) is 30.4 Å². The number of amides is 3. The van der Waals surface area contributed by atoms with Crippen LogP contribution in [0.25, 0.3) is 5.65 Å². The van der Waals surface area contributed by atoms with Gasteiger partial charge in [-0.2, -0.15) is 0 Å². The molecule has 0 aliphatic heterocycles. The van der Waals surface area contributed by atoms with Crippen molar-refractivity contribution in [1.29, 1.82) is 0 Å². The van der Waals surface area contributed by atoms with E-state index in [1.807, 2.05) is 74.6 Å². The molecule has 13 nitrogen and oxygen atoms in total. The van der Waals surface area contributed by atoms with Crippen LogP contribution in [-0.4, -0.2) is 74.9 Å². The van der Waals surface area contributed by atoms with Gasteiger partial charge in [0.15, 0.2) is 11.9 Å². The first kappa shape index (κ1) is 34.2. The Labute approximate surface area is 280 Å². The lowest BCUT2D eigenvalue weighted by atomic mass is 9.81. The number of ether oxygens (including phenoxy) is 1. The summed E-state index contributed by atoms with van der Waals surface area (Å²) in [4.78, 5) is 49.9. The fraction of sp³-hybridized carbons (Fsp3) is 0.400. The van der Waals surface area contributed by atoms with E-state index < -0.39 is 29.0 Å². The first-order valence-corrected chi connectivity index (χ1v) is 15.9. The summed E-state index contributed by atoms with van der Waals surface area (Å²) in [6.07, 6.45) is 6.15. The number of aldehydes is 1. The predicted octanol–water partition coefficient (Wildman–Crippen LogP) is 4.21. The maximum Gasteiger partial charge on any atom is 0.321 e. The Morgan fingerprint density at radius 1 is 1.10 bits per heavy atom. The molecule has 3 heterocycles. The van der Waals surface area contributed by atoms with Crippen molar-refractivity contribution in [3.05, 3.63) is 89.3 Å². The molecule has 3 N–H and O–H groups in total. The lowest BCUT2D eigenvalue weighted by molar-refractivity contribution is -0.111. The van der Waals surface area contributed by atoms with Crippen LogP contribution in [0.4, 0.5) is 10.6 Å². The van der Waals surface area contributed by atoms with Crippen LogP contribution < -0.4 is 20.7 Å². The number of hydrogen-bond donors (Lipinski definition) is 3. The summed E-state index contributed by atoms with van der Waals surface area (Å²) in [7, 11) is 3.82. The molecule has 5 rings (SSSR count). The smallest absolute Gasteiger partial charge is 0.321 e. The quantitative estimate of drug-likeness (QED) is 0.159. The van der Waals surface area contributed by atoms with E-state index in [4.69, 9.17) is 4.74 Å². The number of rotatable bonds is 11. The van der Waals surface area contributed by atoms with Crippen LogP contribution in [0, 0.1) is 5.92 Å². The van der Waals surface area contributed by atoms with E-state index in [2.05, 4.69) is 50.0 Å². The van der Waals surface area contributed by atoms with E-state index in [1.165, 1.54) is 0 Å². The zero-order chi connectivity index (χ0) is 34.6. The van der Waals surface area contributed by atoms with Gasteiger partial charge in [0.2, 0.25) is 5.82 Å². The monoisotopic (exact) mass is 653 g/mol. The number of fused-ring (bicyclic) bond motifs is 2. The van der Waals surface area contributed by atoms with Crippen LogP contribution >= 0.6 is 0 Å². The molecule has 4 aromatic rings. The van der Waals surface area contributed by atoms with Gasteiger partial charge in [0.25, 0.3) is 5.91 Å². The second kappa shape index (κ2) is 13.9. The third kappa shape index (κ3) is 7.68. The minimum atomic E-state index is -1.49. The highest BCUT2D eigenvalue weighted by molar-refractivity contribution is 5.94. The van der Waals surface area contributed by atoms with Crippen molar-refractivity contribution in [3.63, 3.8) is 0 Å². The van der Waals surface area contributed by atoms with E-state index in [0.717, 1.165) is 17.9 Å². The summed E-state index contributed by atoms with van der Waals surface area (Å²) in [5.41, 5.74) is 0.644. The van der Waals surface area contributed by atoms with E-state index in [9.17, 15) is 14.4 Å². The largest absolute Gasteiger partial charge is 0.480 e. The Bertz CT molecular complexity index is 1840. The van der Waals surface area contributed by atoms with Crippen molar-refractivity contribution in [2.24, 2.45) is 5.92 Å². The lowest BCUT2D eigenvalue weighted by Crippen LogP contribution is -2.49. The fourth-order valence-electron chi connectivity index (χ4n) is 5.34. The highest BCUT2D eigenvalue weighted by Crippen LogP contribution is 2.37. The SMILES string of the molecule is CC(C)Cc1nnc2ccc(O[C@@H]3C=C[C@](C=O)(NC(=O)Nc4cc(C(C)(C)C)nc(C(=O)NCCN(C)C)n4)c4ccccc43)cn12. The molecule has 1 aliphatic carbocycles. The van der Waals surface area contributed by atoms with E-state index in [-0.39, 0.29) is 11.6 Å². The molecular weight excluding hydrogens is 610 g/mol. The average molecular weight is 654 g/mol. The van der Waals surface area contributed by atoms with Crippen LogP contribution in [-0.2, 0) is 22.2 Å². The maximum absolute atomic E-state index is 13.5. The Hall–Kier alpha value is -5.17. The molecule has 0 radical (unpaired) electrons. The van der Waals surface area contributed by atoms with Crippen LogP contribution in [0.3, 0.4) is 0 Å². The number of hydrogen-bond acceptors (Lipinski definition) is 9. The molecule has 3 amide bonds. The van der Waals surface area contributed by atoms with Crippen molar-refractivity contribution in [1.82, 2.24) is 40.1 Å². The number of benzene rings is 1. The number of aromatic nitrogens is 5. The summed E-state index contributed by atoms with van der Waals surface area (Å²) < 4.78 is 8.34. The number of carbonyl (C=O) groups is 3. The molecule has 2 atom stereocenters. The molecule has 0 fully saturated rings. The van der Waals surface area contributed by atoms with E-state index in [0.29, 0.717) is 47.9 Å². The molecule has 3 aromatic heterocycles. The second-order valence-electron chi connectivity index (χ2n) is 13.6. The van der Waals surface area contributed by atoms with Gasteiger partial charge < -0.3 is 20.3 Å². The summed E-state index contributed by atoms with van der Waals surface area (Å²) in [5.74, 6) is 1.46. The number of nitrogens with zero attached hydrogens (tertiary/aromatic N) is 6. The van der Waals surface area contributed by atoms with Crippen molar-refractivity contribution in [2.45, 2.75) is 58.1 Å². The van der Waals surface area contributed by atoms with Gasteiger partial charge in [0.1, 0.15) is 29.0 Å².